The molecule has 4 unspecified atom stereocenters. The minimum Gasteiger partial charge on any atom is -0.804 e. The SMILES string of the molecule is CCCCCCC(C)OCCCCCCOP(O)OC(CC(=O)O)C([O-])[N+](C)(C)C. The largest absolute Gasteiger partial charge is 0.804 e. The van der Waals surface area contributed by atoms with Crippen molar-refractivity contribution < 1.29 is 38.2 Å². The summed E-state index contributed by atoms with van der Waals surface area (Å²) in [5.41, 5.74) is 0. The number of hydrogen-bond donors (Lipinski definition) is 2. The smallest absolute Gasteiger partial charge is 0.330 e. The van der Waals surface area contributed by atoms with Gasteiger partial charge in [-0.3, -0.25) is 4.79 Å². The molecule has 0 aliphatic carbocycles. The van der Waals surface area contributed by atoms with Crippen LogP contribution in [0.1, 0.15) is 78.1 Å². The van der Waals surface area contributed by atoms with E-state index in [0.717, 1.165) is 38.7 Å². The second kappa shape index (κ2) is 17.2. The van der Waals surface area contributed by atoms with Gasteiger partial charge in [0.05, 0.1) is 40.3 Å². The van der Waals surface area contributed by atoms with Crippen molar-refractivity contribution in [1.82, 2.24) is 0 Å². The Morgan fingerprint density at radius 3 is 2.20 bits per heavy atom. The fourth-order valence-electron chi connectivity index (χ4n) is 2.93. The van der Waals surface area contributed by atoms with E-state index in [1.807, 2.05) is 0 Å². The van der Waals surface area contributed by atoms with Gasteiger partial charge in [-0.05, 0) is 26.2 Å². The van der Waals surface area contributed by atoms with E-state index in [9.17, 15) is 14.8 Å². The highest BCUT2D eigenvalue weighted by molar-refractivity contribution is 7.40. The highest BCUT2D eigenvalue weighted by atomic mass is 31.2. The molecule has 0 fully saturated rings. The van der Waals surface area contributed by atoms with Gasteiger partial charge in [-0.1, -0.05) is 45.4 Å². The van der Waals surface area contributed by atoms with Crippen molar-refractivity contribution >= 4 is 14.6 Å². The average Bonchev–Trinajstić information content (AvgIpc) is 2.65. The van der Waals surface area contributed by atoms with E-state index < -0.39 is 33.3 Å². The Labute approximate surface area is 184 Å². The van der Waals surface area contributed by atoms with E-state index in [4.69, 9.17) is 18.9 Å². The number of quaternary nitrogens is 1. The first-order valence-corrected chi connectivity index (χ1v) is 12.3. The number of ether oxygens (including phenoxy) is 1. The third kappa shape index (κ3) is 16.4. The van der Waals surface area contributed by atoms with Gasteiger partial charge in [-0.2, -0.15) is 0 Å². The predicted molar refractivity (Wildman–Crippen MR) is 117 cm³/mol. The van der Waals surface area contributed by atoms with Crippen molar-refractivity contribution in [3.63, 3.8) is 0 Å². The lowest BCUT2D eigenvalue weighted by Gasteiger charge is -2.42. The highest BCUT2D eigenvalue weighted by Crippen LogP contribution is 2.36. The van der Waals surface area contributed by atoms with E-state index in [0.29, 0.717) is 12.7 Å². The number of rotatable bonds is 20. The van der Waals surface area contributed by atoms with Crippen LogP contribution in [0.3, 0.4) is 0 Å². The van der Waals surface area contributed by atoms with E-state index in [1.165, 1.54) is 25.7 Å². The molecular formula is C21H44NO7P. The first-order valence-electron chi connectivity index (χ1n) is 11.2. The van der Waals surface area contributed by atoms with Crippen LogP contribution in [0, 0.1) is 0 Å². The molecule has 0 aromatic rings. The minimum absolute atomic E-state index is 0.0133. The quantitative estimate of drug-likeness (QED) is 0.126. The van der Waals surface area contributed by atoms with Gasteiger partial charge in [0.25, 0.3) is 0 Å². The second-order valence-electron chi connectivity index (χ2n) is 8.76. The number of aliphatic carboxylic acids is 1. The van der Waals surface area contributed by atoms with Crippen molar-refractivity contribution in [1.29, 1.82) is 0 Å². The molecule has 0 saturated heterocycles. The molecule has 2 N–H and O–H groups in total. The number of likely N-dealkylation sites (N-methyl/N-ethyl adjacent to an activating group) is 1. The van der Waals surface area contributed by atoms with Crippen LogP contribution in [-0.4, -0.2) is 73.2 Å². The molecule has 9 heteroatoms. The van der Waals surface area contributed by atoms with Gasteiger partial charge >= 0.3 is 14.6 Å². The van der Waals surface area contributed by atoms with Crippen molar-refractivity contribution in [3.05, 3.63) is 0 Å². The van der Waals surface area contributed by atoms with Gasteiger partial charge in [0, 0.05) is 12.8 Å². The molecule has 180 valence electrons. The maximum atomic E-state index is 12.3. The van der Waals surface area contributed by atoms with Crippen molar-refractivity contribution in [2.24, 2.45) is 0 Å². The zero-order chi connectivity index (χ0) is 23.0. The van der Waals surface area contributed by atoms with Gasteiger partial charge in [0.15, 0.2) is 0 Å². The number of carboxylic acids is 1. The molecule has 0 bridgehead atoms. The number of unbranched alkanes of at least 4 members (excludes halogenated alkanes) is 6. The molecule has 30 heavy (non-hydrogen) atoms. The monoisotopic (exact) mass is 453 g/mol. The first kappa shape index (κ1) is 29.7. The van der Waals surface area contributed by atoms with Crippen molar-refractivity contribution in [2.45, 2.75) is 96.5 Å². The molecule has 0 radical (unpaired) electrons. The zero-order valence-corrected chi connectivity index (χ0v) is 20.4. The summed E-state index contributed by atoms with van der Waals surface area (Å²) in [5.74, 6) is -1.14. The highest BCUT2D eigenvalue weighted by Gasteiger charge is 2.29. The maximum Gasteiger partial charge on any atom is 0.330 e. The summed E-state index contributed by atoms with van der Waals surface area (Å²) in [5, 5.41) is 21.3. The Bertz CT molecular complexity index is 434. The standard InChI is InChI=1S/C21H44NO7P/c1-6-7-8-11-14-18(2)27-15-12-9-10-13-16-28-30(26)29-19(17-20(23)24)21(25)22(3,4)5/h18-19,21,26H,6-17H2,1-5H3,(H,23,24). The average molecular weight is 454 g/mol. The normalized spacial score (nSPS) is 16.2. The maximum absolute atomic E-state index is 12.3. The summed E-state index contributed by atoms with van der Waals surface area (Å²) in [6.45, 7) is 5.42. The topological polar surface area (TPSA) is 108 Å². The summed E-state index contributed by atoms with van der Waals surface area (Å²) in [7, 11) is 2.71. The Balaban J connectivity index is 3.85. The molecule has 0 aliphatic rings. The Morgan fingerprint density at radius 2 is 1.63 bits per heavy atom. The molecule has 0 rings (SSSR count). The lowest BCUT2D eigenvalue weighted by Crippen LogP contribution is -2.60. The molecule has 0 heterocycles. The van der Waals surface area contributed by atoms with E-state index in [1.54, 1.807) is 21.1 Å². The van der Waals surface area contributed by atoms with Crippen LogP contribution in [0.2, 0.25) is 0 Å². The molecule has 0 saturated carbocycles. The molecule has 0 aromatic carbocycles. The van der Waals surface area contributed by atoms with Gasteiger partial charge < -0.3 is 33.4 Å². The van der Waals surface area contributed by atoms with Crippen molar-refractivity contribution in [2.75, 3.05) is 34.4 Å². The Kier molecular flexibility index (Phi) is 17.0. The van der Waals surface area contributed by atoms with Crippen LogP contribution < -0.4 is 5.11 Å². The van der Waals surface area contributed by atoms with E-state index >= 15 is 0 Å². The summed E-state index contributed by atoms with van der Waals surface area (Å²) < 4.78 is 16.3. The number of nitrogens with zero attached hydrogens (tertiary/aromatic N) is 1. The van der Waals surface area contributed by atoms with Crippen LogP contribution >= 0.6 is 8.60 Å². The van der Waals surface area contributed by atoms with Crippen LogP contribution in [0.4, 0.5) is 0 Å². The number of hydrogen-bond acceptors (Lipinski definition) is 6. The summed E-state index contributed by atoms with van der Waals surface area (Å²) >= 11 is 0. The number of carboxylic acid groups (broad SMARTS) is 1. The zero-order valence-electron chi connectivity index (χ0n) is 19.5. The molecule has 0 aromatic heterocycles. The second-order valence-corrected chi connectivity index (χ2v) is 9.71. The van der Waals surface area contributed by atoms with E-state index in [-0.39, 0.29) is 4.48 Å². The Morgan fingerprint density at radius 1 is 1.03 bits per heavy atom. The molecule has 8 nitrogen and oxygen atoms in total. The summed E-state index contributed by atoms with van der Waals surface area (Å²) in [6.07, 6.45) is 7.24. The summed E-state index contributed by atoms with van der Waals surface area (Å²) in [6, 6.07) is 0. The van der Waals surface area contributed by atoms with Crippen LogP contribution in [0.5, 0.6) is 0 Å². The Hall–Kier alpha value is -0.340. The predicted octanol–water partition coefficient (Wildman–Crippen LogP) is 3.41. The lowest BCUT2D eigenvalue weighted by atomic mass is 10.1. The summed E-state index contributed by atoms with van der Waals surface area (Å²) in [4.78, 5) is 20.9. The van der Waals surface area contributed by atoms with E-state index in [2.05, 4.69) is 13.8 Å². The van der Waals surface area contributed by atoms with Crippen LogP contribution in [0.15, 0.2) is 0 Å². The third-order valence-corrected chi connectivity index (χ3v) is 5.64. The van der Waals surface area contributed by atoms with Gasteiger partial charge in [0.1, 0.15) is 6.10 Å². The molecule has 4 atom stereocenters. The minimum atomic E-state index is -2.27. The fraction of sp³-hybridized carbons (Fsp3) is 0.952. The van der Waals surface area contributed by atoms with Crippen LogP contribution in [-0.2, 0) is 18.6 Å². The molecule has 0 spiro atoms. The molecule has 0 aliphatic heterocycles. The fourth-order valence-corrected chi connectivity index (χ4v) is 3.69. The molecular weight excluding hydrogens is 409 g/mol. The lowest BCUT2D eigenvalue weighted by molar-refractivity contribution is -0.973. The van der Waals surface area contributed by atoms with Crippen molar-refractivity contribution in [3.8, 4) is 0 Å². The number of carbonyl (C=O) groups is 1. The third-order valence-electron chi connectivity index (χ3n) is 4.79. The molecule has 0 amide bonds. The first-order chi connectivity index (χ1) is 14.1. The van der Waals surface area contributed by atoms with Crippen LogP contribution in [0.25, 0.3) is 0 Å². The van der Waals surface area contributed by atoms with Gasteiger partial charge in [-0.25, -0.2) is 0 Å². The van der Waals surface area contributed by atoms with Gasteiger partial charge in [-0.15, -0.1) is 0 Å². The van der Waals surface area contributed by atoms with Gasteiger partial charge in [0.2, 0.25) is 0 Å².